The number of carboxylic acid groups (broad SMARTS) is 1. The summed E-state index contributed by atoms with van der Waals surface area (Å²) in [5, 5.41) is 9.13. The molecule has 0 aromatic heterocycles. The Morgan fingerprint density at radius 3 is 2.25 bits per heavy atom. The Balaban J connectivity index is 2.03. The van der Waals surface area contributed by atoms with Crippen LogP contribution in [0.4, 0.5) is 5.69 Å². The van der Waals surface area contributed by atoms with E-state index in [-0.39, 0.29) is 5.56 Å². The molecule has 28 heavy (non-hydrogen) atoms. The van der Waals surface area contributed by atoms with Gasteiger partial charge in [0.25, 0.3) is 0 Å². The molecule has 0 spiro atoms. The van der Waals surface area contributed by atoms with Crippen LogP contribution in [0.2, 0.25) is 0 Å². The molecule has 1 unspecified atom stereocenters. The first-order valence-electron chi connectivity index (χ1n) is 9.66. The Morgan fingerprint density at radius 1 is 1.04 bits per heavy atom. The molecule has 0 radical (unpaired) electrons. The minimum Gasteiger partial charge on any atom is -0.478 e. The minimum absolute atomic E-state index is 0.183. The van der Waals surface area contributed by atoms with Crippen LogP contribution in [0.1, 0.15) is 53.6 Å². The van der Waals surface area contributed by atoms with E-state index in [1.807, 2.05) is 31.2 Å². The highest BCUT2D eigenvalue weighted by Gasteiger charge is 2.26. The molecule has 1 aliphatic rings. The molecule has 1 saturated heterocycles. The molecule has 1 heterocycles. The Hall–Kier alpha value is -3.08. The van der Waals surface area contributed by atoms with Gasteiger partial charge in [0, 0.05) is 24.3 Å². The Bertz CT molecular complexity index is 881. The number of carbonyl (C=O) groups excluding carboxylic acids is 1. The second-order valence-electron chi connectivity index (χ2n) is 7.07. The van der Waals surface area contributed by atoms with Gasteiger partial charge in [0.1, 0.15) is 0 Å². The molecule has 0 bridgehead atoms. The first-order chi connectivity index (χ1) is 13.5. The SMILES string of the molecule is C/C=C(/c1ccccc1N1CCCCC1)C(C(N)=O)c1ccc(C(=O)O)cc1. The molecule has 1 atom stereocenters. The number of para-hydroxylation sites is 1. The van der Waals surface area contributed by atoms with Gasteiger partial charge in [0.2, 0.25) is 5.91 Å². The smallest absolute Gasteiger partial charge is 0.335 e. The summed E-state index contributed by atoms with van der Waals surface area (Å²) in [6.07, 6.45) is 5.50. The zero-order valence-corrected chi connectivity index (χ0v) is 16.1. The van der Waals surface area contributed by atoms with E-state index in [1.54, 1.807) is 12.1 Å². The number of piperidine rings is 1. The number of carbonyl (C=O) groups is 2. The van der Waals surface area contributed by atoms with Gasteiger partial charge in [-0.25, -0.2) is 4.79 Å². The van der Waals surface area contributed by atoms with E-state index < -0.39 is 17.8 Å². The maximum atomic E-state index is 12.4. The van der Waals surface area contributed by atoms with Crippen molar-refractivity contribution >= 4 is 23.1 Å². The van der Waals surface area contributed by atoms with Crippen molar-refractivity contribution in [3.05, 3.63) is 71.3 Å². The van der Waals surface area contributed by atoms with E-state index in [4.69, 9.17) is 10.8 Å². The van der Waals surface area contributed by atoms with Crippen molar-refractivity contribution in [1.29, 1.82) is 0 Å². The number of rotatable bonds is 6. The largest absolute Gasteiger partial charge is 0.478 e. The van der Waals surface area contributed by atoms with Crippen molar-refractivity contribution in [3.63, 3.8) is 0 Å². The summed E-state index contributed by atoms with van der Waals surface area (Å²) in [5.74, 6) is -2.09. The second kappa shape index (κ2) is 8.74. The molecule has 5 heteroatoms. The zero-order chi connectivity index (χ0) is 20.1. The molecule has 1 aliphatic heterocycles. The number of carboxylic acids is 1. The molecule has 3 rings (SSSR count). The summed E-state index contributed by atoms with van der Waals surface area (Å²) in [6.45, 7) is 3.91. The maximum Gasteiger partial charge on any atom is 0.335 e. The summed E-state index contributed by atoms with van der Waals surface area (Å²) < 4.78 is 0. The van der Waals surface area contributed by atoms with E-state index in [0.717, 1.165) is 42.8 Å². The van der Waals surface area contributed by atoms with Gasteiger partial charge in [-0.1, -0.05) is 36.4 Å². The summed E-state index contributed by atoms with van der Waals surface area (Å²) in [5.41, 5.74) is 9.63. The van der Waals surface area contributed by atoms with E-state index in [2.05, 4.69) is 11.0 Å². The lowest BCUT2D eigenvalue weighted by atomic mass is 9.84. The van der Waals surface area contributed by atoms with Crippen LogP contribution < -0.4 is 10.6 Å². The summed E-state index contributed by atoms with van der Waals surface area (Å²) >= 11 is 0. The van der Waals surface area contributed by atoms with Gasteiger partial charge >= 0.3 is 5.97 Å². The highest BCUT2D eigenvalue weighted by atomic mass is 16.4. The van der Waals surface area contributed by atoms with Crippen LogP contribution in [0, 0.1) is 0 Å². The standard InChI is InChI=1S/C23H26N2O3/c1-2-18(19-8-4-5-9-20(19)25-14-6-3-7-15-25)21(22(24)26)16-10-12-17(13-11-16)23(27)28/h2,4-5,8-13,21H,3,6-7,14-15H2,1H3,(H2,24,26)(H,27,28)/b18-2-. The summed E-state index contributed by atoms with van der Waals surface area (Å²) in [6, 6.07) is 14.5. The third-order valence-corrected chi connectivity index (χ3v) is 5.31. The van der Waals surface area contributed by atoms with Gasteiger partial charge in [-0.15, -0.1) is 0 Å². The predicted molar refractivity (Wildman–Crippen MR) is 111 cm³/mol. The van der Waals surface area contributed by atoms with Gasteiger partial charge in [-0.3, -0.25) is 4.79 Å². The normalized spacial score (nSPS) is 15.9. The van der Waals surface area contributed by atoms with E-state index in [9.17, 15) is 9.59 Å². The van der Waals surface area contributed by atoms with Crippen LogP contribution in [0.5, 0.6) is 0 Å². The first kappa shape index (κ1) is 19.7. The number of allylic oxidation sites excluding steroid dienone is 1. The molecule has 2 aromatic rings. The van der Waals surface area contributed by atoms with Crippen molar-refractivity contribution < 1.29 is 14.7 Å². The lowest BCUT2D eigenvalue weighted by molar-refractivity contribution is -0.118. The lowest BCUT2D eigenvalue weighted by Gasteiger charge is -2.32. The van der Waals surface area contributed by atoms with Crippen molar-refractivity contribution in [2.45, 2.75) is 32.1 Å². The second-order valence-corrected chi connectivity index (χ2v) is 7.07. The van der Waals surface area contributed by atoms with Gasteiger partial charge in [0.05, 0.1) is 11.5 Å². The van der Waals surface area contributed by atoms with Gasteiger partial charge in [0.15, 0.2) is 0 Å². The van der Waals surface area contributed by atoms with Gasteiger partial charge in [-0.05, 0) is 55.5 Å². The molecular weight excluding hydrogens is 352 g/mol. The number of aromatic carboxylic acids is 1. The number of hydrogen-bond donors (Lipinski definition) is 2. The Labute approximate surface area is 165 Å². The molecule has 2 aromatic carbocycles. The van der Waals surface area contributed by atoms with Crippen molar-refractivity contribution in [2.75, 3.05) is 18.0 Å². The number of benzene rings is 2. The number of amides is 1. The third-order valence-electron chi connectivity index (χ3n) is 5.31. The molecule has 0 saturated carbocycles. The third kappa shape index (κ3) is 4.09. The zero-order valence-electron chi connectivity index (χ0n) is 16.1. The Morgan fingerprint density at radius 2 is 1.68 bits per heavy atom. The molecule has 1 fully saturated rings. The predicted octanol–water partition coefficient (Wildman–Crippen LogP) is 4.05. The minimum atomic E-state index is -0.996. The molecular formula is C23H26N2O3. The average molecular weight is 378 g/mol. The highest BCUT2D eigenvalue weighted by Crippen LogP contribution is 2.38. The highest BCUT2D eigenvalue weighted by molar-refractivity contribution is 5.98. The fourth-order valence-corrected chi connectivity index (χ4v) is 3.92. The van der Waals surface area contributed by atoms with E-state index in [0.29, 0.717) is 5.56 Å². The van der Waals surface area contributed by atoms with Crippen molar-refractivity contribution in [3.8, 4) is 0 Å². The number of primary amides is 1. The van der Waals surface area contributed by atoms with Crippen LogP contribution >= 0.6 is 0 Å². The molecule has 1 amide bonds. The number of hydrogen-bond acceptors (Lipinski definition) is 3. The van der Waals surface area contributed by atoms with E-state index in [1.165, 1.54) is 18.6 Å². The molecule has 0 aliphatic carbocycles. The average Bonchev–Trinajstić information content (AvgIpc) is 2.72. The van der Waals surface area contributed by atoms with Crippen molar-refractivity contribution in [1.82, 2.24) is 0 Å². The van der Waals surface area contributed by atoms with Crippen LogP contribution in [-0.2, 0) is 4.79 Å². The molecule has 146 valence electrons. The monoisotopic (exact) mass is 378 g/mol. The van der Waals surface area contributed by atoms with Gasteiger partial charge < -0.3 is 15.7 Å². The van der Waals surface area contributed by atoms with Crippen LogP contribution in [0.25, 0.3) is 5.57 Å². The summed E-state index contributed by atoms with van der Waals surface area (Å²) in [7, 11) is 0. The fraction of sp³-hybridized carbons (Fsp3) is 0.304. The summed E-state index contributed by atoms with van der Waals surface area (Å²) in [4.78, 5) is 25.9. The van der Waals surface area contributed by atoms with Crippen molar-refractivity contribution in [2.24, 2.45) is 5.73 Å². The quantitative estimate of drug-likeness (QED) is 0.794. The molecule has 5 nitrogen and oxygen atoms in total. The van der Waals surface area contributed by atoms with Gasteiger partial charge in [-0.2, -0.15) is 0 Å². The number of nitrogens with zero attached hydrogens (tertiary/aromatic N) is 1. The van der Waals surface area contributed by atoms with Crippen LogP contribution in [0.15, 0.2) is 54.6 Å². The van der Waals surface area contributed by atoms with Crippen LogP contribution in [-0.4, -0.2) is 30.1 Å². The number of anilines is 1. The Kier molecular flexibility index (Phi) is 6.14. The van der Waals surface area contributed by atoms with E-state index >= 15 is 0 Å². The van der Waals surface area contributed by atoms with Crippen LogP contribution in [0.3, 0.4) is 0 Å². The number of nitrogens with two attached hydrogens (primary N) is 1. The molecule has 3 N–H and O–H groups in total. The fourth-order valence-electron chi connectivity index (χ4n) is 3.92. The first-order valence-corrected chi connectivity index (χ1v) is 9.66. The maximum absolute atomic E-state index is 12.4. The lowest BCUT2D eigenvalue weighted by Crippen LogP contribution is -2.30. The topological polar surface area (TPSA) is 83.6 Å².